The van der Waals surface area contributed by atoms with Crippen LogP contribution in [-0.2, 0) is 9.59 Å². The molecule has 0 unspecified atom stereocenters. The van der Waals surface area contributed by atoms with Crippen LogP contribution >= 0.6 is 0 Å². The van der Waals surface area contributed by atoms with Crippen LogP contribution in [0.2, 0.25) is 0 Å². The summed E-state index contributed by atoms with van der Waals surface area (Å²) in [5, 5.41) is 8.64. The molecular weight excluding hydrogens is 337 g/mol. The predicted octanol–water partition coefficient (Wildman–Crippen LogP) is 5.19. The number of likely N-dealkylation sites (N-methyl/N-ethyl adjacent to an activating group) is 1. The monoisotopic (exact) mass is 376 g/mol. The molecule has 0 aliphatic heterocycles. The zero-order chi connectivity index (χ0) is 18.8. The quantitative estimate of drug-likeness (QED) is 0.216. The Kier molecular flexibility index (Phi) is 22.5. The summed E-state index contributed by atoms with van der Waals surface area (Å²) in [6.07, 6.45) is 21.1. The van der Waals surface area contributed by atoms with Gasteiger partial charge in [-0.2, -0.15) is 0 Å². The predicted molar refractivity (Wildman–Crippen MR) is 110 cm³/mol. The van der Waals surface area contributed by atoms with Crippen LogP contribution in [0.15, 0.2) is 12.2 Å². The molecule has 5 heteroatoms. The van der Waals surface area contributed by atoms with Gasteiger partial charge in [0.15, 0.2) is 0 Å². The second-order valence-corrected chi connectivity index (χ2v) is 6.98. The molecule has 0 fully saturated rings. The van der Waals surface area contributed by atoms with Crippen molar-refractivity contribution >= 4 is 41.4 Å². The van der Waals surface area contributed by atoms with Crippen LogP contribution in [0.4, 0.5) is 0 Å². The van der Waals surface area contributed by atoms with Crippen molar-refractivity contribution in [3.63, 3.8) is 0 Å². The summed E-state index contributed by atoms with van der Waals surface area (Å²) in [5.74, 6) is -1.03. The number of allylic oxidation sites excluding steroid dienone is 2. The molecule has 0 saturated heterocycles. The molecule has 147 valence electrons. The maximum atomic E-state index is 11.7. The van der Waals surface area contributed by atoms with E-state index >= 15 is 0 Å². The number of hydrogen-bond acceptors (Lipinski definition) is 2. The van der Waals surface area contributed by atoms with Gasteiger partial charge in [-0.15, -0.1) is 0 Å². The first kappa shape index (κ1) is 27.9. The van der Waals surface area contributed by atoms with E-state index in [9.17, 15) is 9.59 Å². The van der Waals surface area contributed by atoms with Gasteiger partial charge in [0.05, 0.1) is 0 Å². The van der Waals surface area contributed by atoms with Gasteiger partial charge in [-0.25, -0.2) is 0 Å². The average molecular weight is 377 g/mol. The van der Waals surface area contributed by atoms with Crippen LogP contribution in [0.3, 0.4) is 0 Å². The first-order chi connectivity index (χ1) is 12.1. The minimum Gasteiger partial charge on any atom is -0.480 e. The van der Waals surface area contributed by atoms with Gasteiger partial charge < -0.3 is 10.0 Å². The van der Waals surface area contributed by atoms with E-state index in [0.717, 1.165) is 25.7 Å². The summed E-state index contributed by atoms with van der Waals surface area (Å²) in [6, 6.07) is 0. The number of rotatable bonds is 17. The molecule has 0 atom stereocenters. The van der Waals surface area contributed by atoms with Crippen molar-refractivity contribution in [1.82, 2.24) is 4.90 Å². The minimum atomic E-state index is -0.958. The molecule has 4 nitrogen and oxygen atoms in total. The van der Waals surface area contributed by atoms with Gasteiger partial charge >= 0.3 is 5.97 Å². The number of carbonyl (C=O) groups is 2. The van der Waals surface area contributed by atoms with E-state index in [1.807, 2.05) is 0 Å². The van der Waals surface area contributed by atoms with E-state index in [4.69, 9.17) is 5.11 Å². The third-order valence-corrected chi connectivity index (χ3v) is 4.45. The number of carboxylic acid groups (broad SMARTS) is 1. The molecule has 0 heterocycles. The topological polar surface area (TPSA) is 57.6 Å². The van der Waals surface area contributed by atoms with Crippen molar-refractivity contribution in [2.75, 3.05) is 13.6 Å². The molecule has 0 aromatic rings. The second kappa shape index (κ2) is 21.0. The van der Waals surface area contributed by atoms with Crippen LogP contribution in [-0.4, -0.2) is 65.0 Å². The van der Waals surface area contributed by atoms with Crippen molar-refractivity contribution in [3.8, 4) is 0 Å². The number of carbonyl (C=O) groups excluding carboxylic acids is 1. The van der Waals surface area contributed by atoms with Gasteiger partial charge in [0.25, 0.3) is 0 Å². The Hall–Kier alpha value is -0.320. The first-order valence-electron chi connectivity index (χ1n) is 10.2. The Bertz CT molecular complexity index is 372. The average Bonchev–Trinajstić information content (AvgIpc) is 2.57. The number of nitrogens with zero attached hydrogens (tertiary/aromatic N) is 1. The summed E-state index contributed by atoms with van der Waals surface area (Å²) in [6.45, 7) is 2.05. The van der Waals surface area contributed by atoms with E-state index in [2.05, 4.69) is 19.1 Å². The van der Waals surface area contributed by atoms with E-state index in [0.29, 0.717) is 6.42 Å². The van der Waals surface area contributed by atoms with Crippen LogP contribution in [0.5, 0.6) is 0 Å². The Labute approximate surface area is 183 Å². The van der Waals surface area contributed by atoms with Crippen LogP contribution in [0, 0.1) is 0 Å². The first-order valence-corrected chi connectivity index (χ1v) is 10.2. The summed E-state index contributed by atoms with van der Waals surface area (Å²) in [7, 11) is 1.55. The van der Waals surface area contributed by atoms with E-state index in [1.54, 1.807) is 7.05 Å². The molecule has 1 amide bonds. The molecule has 1 radical (unpaired) electrons. The third kappa shape index (κ3) is 20.0. The van der Waals surface area contributed by atoms with Crippen molar-refractivity contribution in [2.24, 2.45) is 0 Å². The number of amides is 1. The number of carboxylic acids is 1. The molecular formula is C21H39NNaO3. The zero-order valence-electron chi connectivity index (χ0n) is 17.5. The Balaban J connectivity index is 0. The van der Waals surface area contributed by atoms with Gasteiger partial charge in [-0.3, -0.25) is 9.59 Å². The SMILES string of the molecule is CCCCCCCC/C=C\CCCCCCCC(=O)N(C)CC(=O)O.[Na]. The Morgan fingerprint density at radius 2 is 1.27 bits per heavy atom. The maximum Gasteiger partial charge on any atom is 0.323 e. The fraction of sp³-hybridized carbons (Fsp3) is 0.810. The number of hydrogen-bond donors (Lipinski definition) is 1. The summed E-state index contributed by atoms with van der Waals surface area (Å²) < 4.78 is 0. The Morgan fingerprint density at radius 1 is 0.808 bits per heavy atom. The van der Waals surface area contributed by atoms with Crippen molar-refractivity contribution in [2.45, 2.75) is 96.8 Å². The minimum absolute atomic E-state index is 0. The van der Waals surface area contributed by atoms with Crippen molar-refractivity contribution < 1.29 is 14.7 Å². The van der Waals surface area contributed by atoms with Crippen molar-refractivity contribution in [1.29, 1.82) is 0 Å². The van der Waals surface area contributed by atoms with Gasteiger partial charge in [-0.05, 0) is 32.1 Å². The van der Waals surface area contributed by atoms with Crippen LogP contribution in [0.25, 0.3) is 0 Å². The molecule has 0 bridgehead atoms. The molecule has 0 aliphatic rings. The second-order valence-electron chi connectivity index (χ2n) is 6.98. The van der Waals surface area contributed by atoms with E-state index in [1.165, 1.54) is 62.7 Å². The third-order valence-electron chi connectivity index (χ3n) is 4.45. The van der Waals surface area contributed by atoms with E-state index < -0.39 is 5.97 Å². The molecule has 0 spiro atoms. The van der Waals surface area contributed by atoms with Gasteiger partial charge in [-0.1, -0.05) is 70.4 Å². The van der Waals surface area contributed by atoms with Gasteiger partial charge in [0.1, 0.15) is 6.54 Å². The van der Waals surface area contributed by atoms with Gasteiger partial charge in [0, 0.05) is 43.0 Å². The molecule has 1 N–H and O–H groups in total. The molecule has 0 aromatic carbocycles. The summed E-state index contributed by atoms with van der Waals surface area (Å²) >= 11 is 0. The maximum absolute atomic E-state index is 11.7. The Morgan fingerprint density at radius 3 is 1.77 bits per heavy atom. The summed E-state index contributed by atoms with van der Waals surface area (Å²) in [5.41, 5.74) is 0. The fourth-order valence-electron chi connectivity index (χ4n) is 2.83. The summed E-state index contributed by atoms with van der Waals surface area (Å²) in [4.78, 5) is 23.5. The standard InChI is InChI=1S/C21H39NO3.Na/c1-3-4-5-6-7-8-9-10-11-12-13-14-15-16-17-18-20(23)22(2)19-21(24)25;/h10-11H,3-9,12-19H2,1-2H3,(H,24,25);/b11-10-;. The number of unbranched alkanes of at least 4 members (excludes halogenated alkanes) is 11. The molecule has 0 saturated carbocycles. The molecule has 0 rings (SSSR count). The smallest absolute Gasteiger partial charge is 0.323 e. The molecule has 0 aliphatic carbocycles. The molecule has 26 heavy (non-hydrogen) atoms. The van der Waals surface area contributed by atoms with E-state index in [-0.39, 0.29) is 42.0 Å². The number of aliphatic carboxylic acids is 1. The normalized spacial score (nSPS) is 10.7. The largest absolute Gasteiger partial charge is 0.480 e. The van der Waals surface area contributed by atoms with Crippen LogP contribution in [0.1, 0.15) is 96.8 Å². The van der Waals surface area contributed by atoms with Gasteiger partial charge in [0.2, 0.25) is 5.91 Å². The molecule has 0 aromatic heterocycles. The van der Waals surface area contributed by atoms with Crippen LogP contribution < -0.4 is 0 Å². The zero-order valence-corrected chi connectivity index (χ0v) is 19.5. The van der Waals surface area contributed by atoms with Crippen molar-refractivity contribution in [3.05, 3.63) is 12.2 Å². The fourth-order valence-corrected chi connectivity index (χ4v) is 2.83.